The molecular weight excluding hydrogens is 488 g/mol. The molecule has 4 aromatic carbocycles. The van der Waals surface area contributed by atoms with E-state index in [0.29, 0.717) is 5.82 Å². The van der Waals surface area contributed by atoms with Gasteiger partial charge in [0.2, 0.25) is 0 Å². The molecule has 40 heavy (non-hydrogen) atoms. The van der Waals surface area contributed by atoms with Crippen LogP contribution in [0.25, 0.3) is 67.1 Å². The molecule has 7 rings (SSSR count). The van der Waals surface area contributed by atoms with Crippen LogP contribution in [-0.4, -0.2) is 19.9 Å². The molecule has 3 aromatic heterocycles. The third kappa shape index (κ3) is 4.63. The van der Waals surface area contributed by atoms with Gasteiger partial charge in [0.1, 0.15) is 0 Å². The fourth-order valence-electron chi connectivity index (χ4n) is 5.02. The van der Waals surface area contributed by atoms with Crippen LogP contribution in [0.4, 0.5) is 0 Å². The van der Waals surface area contributed by atoms with Gasteiger partial charge >= 0.3 is 0 Å². The fraction of sp³-hybridized carbons (Fsp3) is 0. The molecule has 0 bridgehead atoms. The average Bonchev–Trinajstić information content (AvgIpc) is 3.05. The van der Waals surface area contributed by atoms with Crippen LogP contribution in [0, 0.1) is 0 Å². The zero-order valence-electron chi connectivity index (χ0n) is 21.6. The van der Waals surface area contributed by atoms with E-state index in [-0.39, 0.29) is 0 Å². The van der Waals surface area contributed by atoms with E-state index in [0.717, 1.165) is 50.1 Å². The van der Waals surface area contributed by atoms with Crippen LogP contribution in [0.15, 0.2) is 146 Å². The van der Waals surface area contributed by atoms with Gasteiger partial charge in [0.05, 0.1) is 16.9 Å². The van der Waals surface area contributed by atoms with Crippen molar-refractivity contribution >= 4 is 10.9 Å². The van der Waals surface area contributed by atoms with Crippen molar-refractivity contribution < 1.29 is 0 Å². The van der Waals surface area contributed by atoms with E-state index in [1.165, 1.54) is 11.1 Å². The molecule has 4 heteroatoms. The van der Waals surface area contributed by atoms with Gasteiger partial charge in [-0.2, -0.15) is 0 Å². The Balaban J connectivity index is 1.34. The zero-order chi connectivity index (χ0) is 26.7. The summed E-state index contributed by atoms with van der Waals surface area (Å²) < 4.78 is 0. The van der Waals surface area contributed by atoms with Gasteiger partial charge in [-0.05, 0) is 47.0 Å². The maximum atomic E-state index is 5.01. The molecule has 0 saturated carbocycles. The van der Waals surface area contributed by atoms with E-state index in [1.54, 1.807) is 12.4 Å². The van der Waals surface area contributed by atoms with E-state index in [2.05, 4.69) is 113 Å². The molecular formula is C36H24N4. The fourth-order valence-corrected chi connectivity index (χ4v) is 5.02. The van der Waals surface area contributed by atoms with Crippen LogP contribution < -0.4 is 0 Å². The lowest BCUT2D eigenvalue weighted by atomic mass is 9.98. The lowest BCUT2D eigenvalue weighted by molar-refractivity contribution is 1.18. The maximum Gasteiger partial charge on any atom is 0.160 e. The van der Waals surface area contributed by atoms with E-state index < -0.39 is 0 Å². The molecule has 0 fully saturated rings. The summed E-state index contributed by atoms with van der Waals surface area (Å²) in [6.45, 7) is 0. The number of benzene rings is 4. The number of para-hydroxylation sites is 1. The van der Waals surface area contributed by atoms with Gasteiger partial charge in [-0.25, -0.2) is 9.97 Å². The Kier molecular flexibility index (Phi) is 6.11. The second-order valence-corrected chi connectivity index (χ2v) is 9.60. The van der Waals surface area contributed by atoms with Gasteiger partial charge in [0.25, 0.3) is 0 Å². The second-order valence-electron chi connectivity index (χ2n) is 9.60. The monoisotopic (exact) mass is 512 g/mol. The van der Waals surface area contributed by atoms with Gasteiger partial charge in [0, 0.05) is 46.2 Å². The van der Waals surface area contributed by atoms with Crippen molar-refractivity contribution in [3.8, 4) is 56.2 Å². The minimum Gasteiger partial charge on any atom is -0.265 e. The van der Waals surface area contributed by atoms with Gasteiger partial charge in [-0.3, -0.25) is 9.97 Å². The summed E-state index contributed by atoms with van der Waals surface area (Å²) in [6, 6.07) is 43.8. The molecule has 0 unspecified atom stereocenters. The normalized spacial score (nSPS) is 11.0. The second kappa shape index (κ2) is 10.4. The van der Waals surface area contributed by atoms with Crippen molar-refractivity contribution in [3.63, 3.8) is 0 Å². The van der Waals surface area contributed by atoms with Crippen LogP contribution in [-0.2, 0) is 0 Å². The highest BCUT2D eigenvalue weighted by atomic mass is 14.9. The molecule has 0 radical (unpaired) electrons. The molecule has 0 atom stereocenters. The molecule has 7 aromatic rings. The van der Waals surface area contributed by atoms with Crippen molar-refractivity contribution in [2.75, 3.05) is 0 Å². The van der Waals surface area contributed by atoms with Crippen LogP contribution in [0.1, 0.15) is 0 Å². The Morgan fingerprint density at radius 1 is 0.400 bits per heavy atom. The molecule has 0 aliphatic heterocycles. The van der Waals surface area contributed by atoms with Crippen LogP contribution in [0.2, 0.25) is 0 Å². The first-order valence-electron chi connectivity index (χ1n) is 13.2. The number of aromatic nitrogens is 4. The lowest BCUT2D eigenvalue weighted by Crippen LogP contribution is -1.96. The number of hydrogen-bond donors (Lipinski definition) is 0. The van der Waals surface area contributed by atoms with Gasteiger partial charge in [-0.1, -0.05) is 97.1 Å². The minimum absolute atomic E-state index is 0.666. The van der Waals surface area contributed by atoms with Crippen LogP contribution in [0.5, 0.6) is 0 Å². The standard InChI is InChI=1S/C36H24N4/c1-2-7-25(8-3-1)26-14-16-27(17-15-26)33-24-34(40-36(39-33)29-18-21-37-22-19-29)31-11-4-10-30(23-31)32-13-5-9-28-12-6-20-38-35(28)32/h1-24H. The van der Waals surface area contributed by atoms with E-state index >= 15 is 0 Å². The summed E-state index contributed by atoms with van der Waals surface area (Å²) in [7, 11) is 0. The largest absolute Gasteiger partial charge is 0.265 e. The molecule has 4 nitrogen and oxygen atoms in total. The Labute approximate surface area is 232 Å². The Hall–Kier alpha value is -5.48. The van der Waals surface area contributed by atoms with Gasteiger partial charge < -0.3 is 0 Å². The zero-order valence-corrected chi connectivity index (χ0v) is 21.6. The average molecular weight is 513 g/mol. The van der Waals surface area contributed by atoms with Crippen LogP contribution >= 0.6 is 0 Å². The summed E-state index contributed by atoms with van der Waals surface area (Å²) in [5, 5.41) is 1.12. The minimum atomic E-state index is 0.666. The third-order valence-electron chi connectivity index (χ3n) is 7.05. The summed E-state index contributed by atoms with van der Waals surface area (Å²) >= 11 is 0. The maximum absolute atomic E-state index is 5.01. The summed E-state index contributed by atoms with van der Waals surface area (Å²) in [6.07, 6.45) is 5.39. The molecule has 3 heterocycles. The van der Waals surface area contributed by atoms with E-state index in [9.17, 15) is 0 Å². The van der Waals surface area contributed by atoms with E-state index in [4.69, 9.17) is 9.97 Å². The third-order valence-corrected chi connectivity index (χ3v) is 7.05. The predicted octanol–water partition coefficient (Wildman–Crippen LogP) is 8.75. The number of pyridine rings is 2. The molecule has 0 aliphatic carbocycles. The van der Waals surface area contributed by atoms with Crippen molar-refractivity contribution in [1.82, 2.24) is 19.9 Å². The highest BCUT2D eigenvalue weighted by Crippen LogP contribution is 2.33. The topological polar surface area (TPSA) is 51.6 Å². The lowest BCUT2D eigenvalue weighted by Gasteiger charge is -2.11. The van der Waals surface area contributed by atoms with Crippen molar-refractivity contribution in [2.24, 2.45) is 0 Å². The SMILES string of the molecule is c1ccc(-c2ccc(-c3cc(-c4cccc(-c5cccc6cccnc56)c4)nc(-c4ccncc4)n3)cc2)cc1. The first-order valence-corrected chi connectivity index (χ1v) is 13.2. The quantitative estimate of drug-likeness (QED) is 0.231. The molecule has 0 N–H and O–H groups in total. The Morgan fingerprint density at radius 2 is 1.05 bits per heavy atom. The molecule has 0 amide bonds. The number of rotatable bonds is 5. The molecule has 0 spiro atoms. The number of hydrogen-bond acceptors (Lipinski definition) is 4. The van der Waals surface area contributed by atoms with Crippen molar-refractivity contribution in [3.05, 3.63) is 146 Å². The molecule has 0 aliphatic rings. The van der Waals surface area contributed by atoms with Crippen molar-refractivity contribution in [2.45, 2.75) is 0 Å². The van der Waals surface area contributed by atoms with Crippen molar-refractivity contribution in [1.29, 1.82) is 0 Å². The Morgan fingerprint density at radius 3 is 1.88 bits per heavy atom. The predicted molar refractivity (Wildman–Crippen MR) is 162 cm³/mol. The van der Waals surface area contributed by atoms with E-state index in [1.807, 2.05) is 30.5 Å². The number of fused-ring (bicyclic) bond motifs is 1. The smallest absolute Gasteiger partial charge is 0.160 e. The summed E-state index contributed by atoms with van der Waals surface area (Å²) in [5.74, 6) is 0.666. The summed E-state index contributed by atoms with van der Waals surface area (Å²) in [4.78, 5) is 18.8. The van der Waals surface area contributed by atoms with Gasteiger partial charge in [-0.15, -0.1) is 0 Å². The van der Waals surface area contributed by atoms with Crippen LogP contribution in [0.3, 0.4) is 0 Å². The highest BCUT2D eigenvalue weighted by Gasteiger charge is 2.13. The Bertz CT molecular complexity index is 1930. The summed E-state index contributed by atoms with van der Waals surface area (Å²) in [5.41, 5.74) is 10.2. The first kappa shape index (κ1) is 23.6. The molecule has 188 valence electrons. The highest BCUT2D eigenvalue weighted by molar-refractivity contribution is 5.94. The number of nitrogens with zero attached hydrogens (tertiary/aromatic N) is 4. The first-order chi connectivity index (χ1) is 19.8. The van der Waals surface area contributed by atoms with Gasteiger partial charge in [0.15, 0.2) is 5.82 Å². The molecule has 0 saturated heterocycles.